The lowest BCUT2D eigenvalue weighted by Gasteiger charge is -2.56. The van der Waals surface area contributed by atoms with Crippen LogP contribution in [0.3, 0.4) is 0 Å². The van der Waals surface area contributed by atoms with Gasteiger partial charge in [0.25, 0.3) is 0 Å². The maximum atomic E-state index is 13.3. The fraction of sp³-hybridized carbons (Fsp3) is 0.500. The highest BCUT2D eigenvalue weighted by molar-refractivity contribution is 7.98. The summed E-state index contributed by atoms with van der Waals surface area (Å²) in [6, 6.07) is 13.8. The molecule has 4 bridgehead atoms. The van der Waals surface area contributed by atoms with Crippen LogP contribution in [0.5, 0.6) is 0 Å². The van der Waals surface area contributed by atoms with Crippen molar-refractivity contribution < 1.29 is 4.79 Å². The van der Waals surface area contributed by atoms with Gasteiger partial charge in [-0.2, -0.15) is 0 Å². The zero-order valence-corrected chi connectivity index (χ0v) is 23.9. The summed E-state index contributed by atoms with van der Waals surface area (Å²) in [5.41, 5.74) is 4.47. The van der Waals surface area contributed by atoms with Crippen LogP contribution in [0.25, 0.3) is 5.69 Å². The Labute approximate surface area is 234 Å². The van der Waals surface area contributed by atoms with Gasteiger partial charge in [-0.25, -0.2) is 4.79 Å². The van der Waals surface area contributed by atoms with Crippen LogP contribution < -0.4 is 10.6 Å². The number of aryl methyl sites for hydroxylation is 2. The lowest BCUT2D eigenvalue weighted by atomic mass is 9.53. The summed E-state index contributed by atoms with van der Waals surface area (Å²) >= 11 is 8.07. The Morgan fingerprint density at radius 1 is 1.05 bits per heavy atom. The van der Waals surface area contributed by atoms with Crippen molar-refractivity contribution >= 4 is 29.4 Å². The molecule has 0 aliphatic heterocycles. The number of halogens is 1. The zero-order chi connectivity index (χ0) is 26.4. The fourth-order valence-corrected chi connectivity index (χ4v) is 8.62. The summed E-state index contributed by atoms with van der Waals surface area (Å²) in [6.45, 7) is 6.17. The van der Waals surface area contributed by atoms with Gasteiger partial charge in [0.15, 0.2) is 11.0 Å². The predicted octanol–water partition coefficient (Wildman–Crippen LogP) is 7.16. The van der Waals surface area contributed by atoms with E-state index in [9.17, 15) is 4.79 Å². The molecule has 4 aliphatic carbocycles. The molecular weight excluding hydrogens is 514 g/mol. The highest BCUT2D eigenvalue weighted by atomic mass is 35.5. The lowest BCUT2D eigenvalue weighted by Crippen LogP contribution is -2.61. The minimum atomic E-state index is -0.331. The van der Waals surface area contributed by atoms with E-state index in [1.54, 1.807) is 11.8 Å². The first kappa shape index (κ1) is 25.8. The third kappa shape index (κ3) is 5.07. The van der Waals surface area contributed by atoms with Gasteiger partial charge in [0.1, 0.15) is 0 Å². The third-order valence-electron chi connectivity index (χ3n) is 8.84. The maximum absolute atomic E-state index is 13.3. The predicted molar refractivity (Wildman–Crippen MR) is 153 cm³/mol. The Kier molecular flexibility index (Phi) is 6.93. The number of benzene rings is 2. The van der Waals surface area contributed by atoms with E-state index in [-0.39, 0.29) is 17.6 Å². The van der Waals surface area contributed by atoms with E-state index in [1.807, 2.05) is 25.1 Å². The van der Waals surface area contributed by atoms with Crippen LogP contribution in [0.15, 0.2) is 47.6 Å². The van der Waals surface area contributed by atoms with Crippen molar-refractivity contribution in [2.75, 3.05) is 0 Å². The maximum Gasteiger partial charge on any atom is 0.315 e. The first-order chi connectivity index (χ1) is 18.3. The van der Waals surface area contributed by atoms with Crippen LogP contribution in [-0.4, -0.2) is 26.3 Å². The summed E-state index contributed by atoms with van der Waals surface area (Å²) in [6.07, 6.45) is 7.42. The van der Waals surface area contributed by atoms with Gasteiger partial charge in [-0.3, -0.25) is 4.57 Å². The molecule has 8 heteroatoms. The molecular formula is C30H36ClN5OS. The lowest BCUT2D eigenvalue weighted by molar-refractivity contribution is -0.0136. The average molecular weight is 550 g/mol. The average Bonchev–Trinajstić information content (AvgIpc) is 3.27. The monoisotopic (exact) mass is 549 g/mol. The highest BCUT2D eigenvalue weighted by Crippen LogP contribution is 2.55. The van der Waals surface area contributed by atoms with Gasteiger partial charge in [-0.1, -0.05) is 53.7 Å². The Balaban J connectivity index is 1.24. The zero-order valence-electron chi connectivity index (χ0n) is 22.3. The molecule has 200 valence electrons. The molecule has 0 saturated heterocycles. The second-order valence-corrected chi connectivity index (χ2v) is 13.2. The van der Waals surface area contributed by atoms with Crippen molar-refractivity contribution in [1.29, 1.82) is 0 Å². The quantitative estimate of drug-likeness (QED) is 0.307. The molecule has 1 heterocycles. The number of hydrogen-bond acceptors (Lipinski definition) is 4. The molecule has 0 unspecified atom stereocenters. The Morgan fingerprint density at radius 2 is 1.74 bits per heavy atom. The summed E-state index contributed by atoms with van der Waals surface area (Å²) in [5, 5.41) is 17.2. The largest absolute Gasteiger partial charge is 0.333 e. The molecule has 3 aromatic rings. The molecule has 1 atom stereocenters. The number of thioether (sulfide) groups is 1. The molecule has 7 rings (SSSR count). The van der Waals surface area contributed by atoms with Crippen molar-refractivity contribution in [1.82, 2.24) is 25.4 Å². The minimum absolute atomic E-state index is 0.0374. The van der Waals surface area contributed by atoms with E-state index < -0.39 is 0 Å². The molecule has 6 nitrogen and oxygen atoms in total. The van der Waals surface area contributed by atoms with E-state index in [4.69, 9.17) is 11.6 Å². The molecule has 4 fully saturated rings. The van der Waals surface area contributed by atoms with Gasteiger partial charge < -0.3 is 10.6 Å². The van der Waals surface area contributed by atoms with Gasteiger partial charge in [-0.05, 0) is 106 Å². The molecule has 4 saturated carbocycles. The van der Waals surface area contributed by atoms with Gasteiger partial charge >= 0.3 is 6.03 Å². The van der Waals surface area contributed by atoms with Crippen LogP contribution >= 0.6 is 23.4 Å². The van der Waals surface area contributed by atoms with Crippen LogP contribution in [0.2, 0.25) is 5.02 Å². The van der Waals surface area contributed by atoms with E-state index in [2.05, 4.69) is 63.5 Å². The van der Waals surface area contributed by atoms with Crippen LogP contribution in [0, 0.1) is 31.6 Å². The van der Waals surface area contributed by atoms with Crippen molar-refractivity contribution in [2.24, 2.45) is 17.8 Å². The molecule has 38 heavy (non-hydrogen) atoms. The second kappa shape index (κ2) is 10.2. The number of nitrogens with one attached hydrogen (secondary N) is 2. The normalized spacial score (nSPS) is 26.4. The van der Waals surface area contributed by atoms with Gasteiger partial charge in [-0.15, -0.1) is 10.2 Å². The van der Waals surface area contributed by atoms with Gasteiger partial charge in [0.05, 0.1) is 11.7 Å². The Bertz CT molecular complexity index is 1320. The second-order valence-electron chi connectivity index (χ2n) is 11.8. The van der Waals surface area contributed by atoms with Crippen molar-refractivity contribution in [2.45, 2.75) is 81.8 Å². The van der Waals surface area contributed by atoms with E-state index >= 15 is 0 Å². The fourth-order valence-electron chi connectivity index (χ4n) is 7.42. The molecule has 2 N–H and O–H groups in total. The van der Waals surface area contributed by atoms with Crippen molar-refractivity contribution in [3.05, 3.63) is 70.0 Å². The minimum Gasteiger partial charge on any atom is -0.333 e. The summed E-state index contributed by atoms with van der Waals surface area (Å²) in [7, 11) is 0. The number of amides is 2. The number of nitrogens with zero attached hydrogens (tertiary/aromatic N) is 3. The van der Waals surface area contributed by atoms with Crippen molar-refractivity contribution in [3.63, 3.8) is 0 Å². The Hall–Kier alpha value is -2.51. The first-order valence-corrected chi connectivity index (χ1v) is 15.1. The molecule has 0 spiro atoms. The molecule has 2 aromatic carbocycles. The Morgan fingerprint density at radius 3 is 2.42 bits per heavy atom. The van der Waals surface area contributed by atoms with Crippen LogP contribution in [0.4, 0.5) is 4.79 Å². The SMILES string of the molecule is Cc1ccccc1CSc1nnc([C@@H](C)NC(=O)NC23CC4CC(CC(C4)C2)C3)n1-c1cc(Cl)ccc1C. The first-order valence-electron chi connectivity index (χ1n) is 13.8. The number of hydrogen-bond donors (Lipinski definition) is 2. The molecule has 4 aliphatic rings. The highest BCUT2D eigenvalue weighted by Gasteiger charge is 2.51. The summed E-state index contributed by atoms with van der Waals surface area (Å²) < 4.78 is 2.06. The van der Waals surface area contributed by atoms with E-state index in [0.717, 1.165) is 59.2 Å². The molecule has 1 aromatic heterocycles. The number of rotatable bonds is 7. The smallest absolute Gasteiger partial charge is 0.315 e. The summed E-state index contributed by atoms with van der Waals surface area (Å²) in [4.78, 5) is 13.3. The van der Waals surface area contributed by atoms with Crippen LogP contribution in [-0.2, 0) is 5.75 Å². The number of urea groups is 1. The van der Waals surface area contributed by atoms with Gasteiger partial charge in [0.2, 0.25) is 0 Å². The number of carbonyl (C=O) groups excluding carboxylic acids is 1. The standard InChI is InChI=1S/C30H36ClN5OS/c1-18-6-4-5-7-24(18)17-38-29-35-34-27(36(29)26-13-25(31)9-8-19(26)2)20(3)32-28(37)33-30-14-21-10-22(15-30)12-23(11-21)16-30/h4-9,13,20-23H,10-12,14-17H2,1-3H3,(H2,32,33,37)/t20-,21?,22?,23?,30?/m1/s1. The number of aromatic nitrogens is 3. The van der Waals surface area contributed by atoms with Gasteiger partial charge in [0, 0.05) is 16.3 Å². The summed E-state index contributed by atoms with van der Waals surface area (Å²) in [5.74, 6) is 3.81. The number of carbonyl (C=O) groups is 1. The van der Waals surface area contributed by atoms with Crippen molar-refractivity contribution in [3.8, 4) is 5.69 Å². The van der Waals surface area contributed by atoms with E-state index in [1.165, 1.54) is 30.4 Å². The van der Waals surface area contributed by atoms with Crippen LogP contribution in [0.1, 0.15) is 74.0 Å². The molecule has 2 amide bonds. The van der Waals surface area contributed by atoms with E-state index in [0.29, 0.717) is 10.8 Å². The molecule has 0 radical (unpaired) electrons. The topological polar surface area (TPSA) is 71.8 Å². The third-order valence-corrected chi connectivity index (χ3v) is 10.1.